The molecule has 5 rings (SSSR count). The molecule has 1 amide bonds. The van der Waals surface area contributed by atoms with Crippen LogP contribution in [-0.2, 0) is 18.0 Å². The number of carbonyl (C=O) groups is 1. The lowest BCUT2D eigenvalue weighted by molar-refractivity contribution is 0.0715. The number of aryl methyl sites for hydroxylation is 1. The monoisotopic (exact) mass is 410 g/mol. The van der Waals surface area contributed by atoms with Crippen molar-refractivity contribution in [2.45, 2.75) is 45.1 Å². The number of nitrogens with zero attached hydrogens (tertiary/aromatic N) is 4. The molecule has 5 heterocycles. The van der Waals surface area contributed by atoms with Crippen molar-refractivity contribution in [1.29, 1.82) is 0 Å². The number of likely N-dealkylation sites (N-methyl/N-ethyl adjacent to an activating group) is 1. The fourth-order valence-electron chi connectivity index (χ4n) is 4.56. The molecule has 0 aliphatic carbocycles. The molecule has 0 spiro atoms. The van der Waals surface area contributed by atoms with Crippen molar-refractivity contribution in [1.82, 2.24) is 14.9 Å². The molecule has 1 atom stereocenters. The van der Waals surface area contributed by atoms with E-state index >= 15 is 0 Å². The first-order chi connectivity index (χ1) is 14.5. The maximum atomic E-state index is 12.4. The van der Waals surface area contributed by atoms with E-state index in [2.05, 4.69) is 9.88 Å². The van der Waals surface area contributed by atoms with Crippen LogP contribution in [0.1, 0.15) is 51.8 Å². The highest BCUT2D eigenvalue weighted by Gasteiger charge is 2.36. The second-order valence-electron chi connectivity index (χ2n) is 8.25. The van der Waals surface area contributed by atoms with Crippen LogP contribution in [0.4, 0.5) is 5.82 Å². The molecule has 3 aliphatic heterocycles. The quantitative estimate of drug-likeness (QED) is 0.825. The van der Waals surface area contributed by atoms with E-state index in [9.17, 15) is 9.90 Å². The van der Waals surface area contributed by atoms with Crippen LogP contribution in [-0.4, -0.2) is 58.7 Å². The molecule has 0 unspecified atom stereocenters. The molecule has 1 N–H and O–H groups in total. The van der Waals surface area contributed by atoms with Crippen molar-refractivity contribution in [2.75, 3.05) is 31.6 Å². The molecular formula is C22H26N4O4. The van der Waals surface area contributed by atoms with Crippen LogP contribution >= 0.6 is 0 Å². The largest absolute Gasteiger partial charge is 0.489 e. The summed E-state index contributed by atoms with van der Waals surface area (Å²) in [6.07, 6.45) is 3.69. The first-order valence-electron chi connectivity index (χ1n) is 10.4. The summed E-state index contributed by atoms with van der Waals surface area (Å²) >= 11 is 0. The number of pyridine rings is 2. The summed E-state index contributed by atoms with van der Waals surface area (Å²) in [6, 6.07) is 3.58. The highest BCUT2D eigenvalue weighted by atomic mass is 16.5. The predicted molar refractivity (Wildman–Crippen MR) is 109 cm³/mol. The fourth-order valence-corrected chi connectivity index (χ4v) is 4.56. The van der Waals surface area contributed by atoms with Gasteiger partial charge in [-0.3, -0.25) is 9.78 Å². The molecular weight excluding hydrogens is 384 g/mol. The van der Waals surface area contributed by atoms with E-state index in [1.54, 1.807) is 18.1 Å². The van der Waals surface area contributed by atoms with Crippen LogP contribution < -0.4 is 9.64 Å². The number of piperidine rings is 1. The van der Waals surface area contributed by atoms with Gasteiger partial charge in [0.15, 0.2) is 0 Å². The van der Waals surface area contributed by atoms with Crippen LogP contribution in [0.3, 0.4) is 0 Å². The summed E-state index contributed by atoms with van der Waals surface area (Å²) in [6.45, 7) is 4.70. The van der Waals surface area contributed by atoms with Crippen LogP contribution in [0.15, 0.2) is 18.3 Å². The molecule has 1 saturated heterocycles. The number of anilines is 1. The number of hydrogen-bond donors (Lipinski definition) is 1. The lowest BCUT2D eigenvalue weighted by atomic mass is 10.1. The fraction of sp³-hybridized carbons (Fsp3) is 0.500. The lowest BCUT2D eigenvalue weighted by Gasteiger charge is -2.34. The summed E-state index contributed by atoms with van der Waals surface area (Å²) in [5, 5.41) is 9.73. The number of aromatic nitrogens is 2. The minimum atomic E-state index is -0.371. The summed E-state index contributed by atoms with van der Waals surface area (Å²) in [4.78, 5) is 25.5. The van der Waals surface area contributed by atoms with E-state index in [1.165, 1.54) is 0 Å². The Balaban J connectivity index is 1.28. The summed E-state index contributed by atoms with van der Waals surface area (Å²) < 4.78 is 11.6. The van der Waals surface area contributed by atoms with Gasteiger partial charge >= 0.3 is 0 Å². The highest BCUT2D eigenvalue weighted by molar-refractivity contribution is 5.99. The average Bonchev–Trinajstić information content (AvgIpc) is 3.31. The first kappa shape index (κ1) is 19.3. The van der Waals surface area contributed by atoms with E-state index in [0.29, 0.717) is 24.5 Å². The Morgan fingerprint density at radius 3 is 2.83 bits per heavy atom. The second-order valence-corrected chi connectivity index (χ2v) is 8.25. The molecule has 1 fully saturated rings. The zero-order chi connectivity index (χ0) is 20.8. The Hall–Kier alpha value is -2.71. The molecule has 158 valence electrons. The van der Waals surface area contributed by atoms with Crippen molar-refractivity contribution in [2.24, 2.45) is 0 Å². The zero-order valence-electron chi connectivity index (χ0n) is 17.3. The minimum Gasteiger partial charge on any atom is -0.489 e. The number of ether oxygens (including phenoxy) is 2. The lowest BCUT2D eigenvalue weighted by Crippen LogP contribution is -2.39. The summed E-state index contributed by atoms with van der Waals surface area (Å²) in [5.74, 6) is 1.62. The zero-order valence-corrected chi connectivity index (χ0v) is 17.3. The molecule has 0 bridgehead atoms. The average molecular weight is 410 g/mol. The Labute approximate surface area is 175 Å². The number of hydrogen-bond acceptors (Lipinski definition) is 7. The second kappa shape index (κ2) is 7.52. The number of aliphatic hydroxyl groups excluding tert-OH is 1. The van der Waals surface area contributed by atoms with Crippen LogP contribution in [0.25, 0.3) is 0 Å². The Kier molecular flexibility index (Phi) is 4.83. The maximum absolute atomic E-state index is 12.4. The number of carbonyl (C=O) groups excluding carboxylic acids is 1. The van der Waals surface area contributed by atoms with E-state index in [0.717, 1.165) is 54.3 Å². The van der Waals surface area contributed by atoms with E-state index < -0.39 is 0 Å². The van der Waals surface area contributed by atoms with Crippen molar-refractivity contribution < 1.29 is 19.4 Å². The van der Waals surface area contributed by atoms with E-state index in [1.807, 2.05) is 19.1 Å². The SMILES string of the molecule is Cc1cc2c(nc1N1CCC(Oc3cnc4c(c3)COC4)CC1)[C@@H](CO)N(C)C2=O. The van der Waals surface area contributed by atoms with Crippen LogP contribution in [0.5, 0.6) is 5.75 Å². The number of aliphatic hydroxyl groups is 1. The molecule has 2 aromatic rings. The van der Waals surface area contributed by atoms with E-state index in [-0.39, 0.29) is 24.7 Å². The topological polar surface area (TPSA) is 88.0 Å². The predicted octanol–water partition coefficient (Wildman–Crippen LogP) is 1.98. The molecule has 8 nitrogen and oxygen atoms in total. The van der Waals surface area contributed by atoms with Crippen molar-refractivity contribution in [3.63, 3.8) is 0 Å². The third-order valence-corrected chi connectivity index (χ3v) is 6.30. The molecule has 30 heavy (non-hydrogen) atoms. The number of rotatable bonds is 4. The maximum Gasteiger partial charge on any atom is 0.256 e. The molecule has 0 radical (unpaired) electrons. The normalized spacial score (nSPS) is 21.2. The van der Waals surface area contributed by atoms with Gasteiger partial charge in [-0.05, 0) is 24.6 Å². The van der Waals surface area contributed by atoms with Crippen molar-refractivity contribution in [3.8, 4) is 5.75 Å². The molecule has 3 aliphatic rings. The third kappa shape index (κ3) is 3.20. The number of amides is 1. The summed E-state index contributed by atoms with van der Waals surface area (Å²) in [7, 11) is 1.71. The Bertz CT molecular complexity index is 987. The van der Waals surface area contributed by atoms with Crippen LogP contribution in [0.2, 0.25) is 0 Å². The Morgan fingerprint density at radius 1 is 1.27 bits per heavy atom. The van der Waals surface area contributed by atoms with Crippen LogP contribution in [0, 0.1) is 6.92 Å². The smallest absolute Gasteiger partial charge is 0.256 e. The van der Waals surface area contributed by atoms with Crippen molar-refractivity contribution in [3.05, 3.63) is 46.4 Å². The molecule has 2 aromatic heterocycles. The van der Waals surface area contributed by atoms with E-state index in [4.69, 9.17) is 14.5 Å². The van der Waals surface area contributed by atoms with Crippen molar-refractivity contribution >= 4 is 11.7 Å². The van der Waals surface area contributed by atoms with Gasteiger partial charge in [-0.1, -0.05) is 0 Å². The number of fused-ring (bicyclic) bond motifs is 2. The van der Waals surface area contributed by atoms with Gasteiger partial charge in [0.1, 0.15) is 17.7 Å². The van der Waals surface area contributed by atoms with Gasteiger partial charge in [0.05, 0.1) is 49.0 Å². The van der Waals surface area contributed by atoms with Gasteiger partial charge < -0.3 is 24.4 Å². The highest BCUT2D eigenvalue weighted by Crippen LogP contribution is 2.35. The van der Waals surface area contributed by atoms with Gasteiger partial charge in [0, 0.05) is 38.5 Å². The van der Waals surface area contributed by atoms with Gasteiger partial charge in [0.2, 0.25) is 0 Å². The van der Waals surface area contributed by atoms with Gasteiger partial charge in [-0.15, -0.1) is 0 Å². The van der Waals surface area contributed by atoms with Gasteiger partial charge in [-0.2, -0.15) is 0 Å². The Morgan fingerprint density at radius 2 is 2.07 bits per heavy atom. The molecule has 8 heteroatoms. The standard InChI is InChI=1S/C22H26N4O4/c1-13-7-17-20(19(10-27)25(2)22(17)28)24-21(13)26-5-3-15(4-6-26)30-16-8-14-11-29-12-18(14)23-9-16/h7-9,15,19,27H,3-6,10-12H2,1-2H3/t19-/m1/s1. The molecule has 0 aromatic carbocycles. The summed E-state index contributed by atoms with van der Waals surface area (Å²) in [5.41, 5.74) is 4.37. The minimum absolute atomic E-state index is 0.0772. The third-order valence-electron chi connectivity index (χ3n) is 6.30. The molecule has 0 saturated carbocycles. The van der Waals surface area contributed by atoms with Gasteiger partial charge in [0.25, 0.3) is 5.91 Å². The first-order valence-corrected chi connectivity index (χ1v) is 10.4. The van der Waals surface area contributed by atoms with Gasteiger partial charge in [-0.25, -0.2) is 4.98 Å².